The number of nitrogens with one attached hydrogen (secondary N) is 1. The van der Waals surface area contributed by atoms with Gasteiger partial charge in [0.2, 0.25) is 0 Å². The number of rotatable bonds is 5. The topological polar surface area (TPSA) is 29.1 Å². The summed E-state index contributed by atoms with van der Waals surface area (Å²) in [6, 6.07) is 5.29. The van der Waals surface area contributed by atoms with E-state index in [9.17, 15) is 4.79 Å². The Balaban J connectivity index is 2.49. The highest BCUT2D eigenvalue weighted by molar-refractivity contribution is 14.1. The molecule has 0 bridgehead atoms. The highest BCUT2D eigenvalue weighted by Crippen LogP contribution is 2.17. The normalized spacial score (nSPS) is 12.2. The Labute approximate surface area is 125 Å². The van der Waals surface area contributed by atoms with E-state index in [-0.39, 0.29) is 11.3 Å². The molecule has 0 aliphatic rings. The minimum absolute atomic E-state index is 0.0841. The minimum Gasteiger partial charge on any atom is -0.352 e. The summed E-state index contributed by atoms with van der Waals surface area (Å²) in [6.45, 7) is 2.59. The molecular formula is C12H14Cl2INO. The van der Waals surface area contributed by atoms with Gasteiger partial charge in [-0.2, -0.15) is 0 Å². The molecule has 1 aromatic rings. The van der Waals surface area contributed by atoms with E-state index in [1.807, 2.05) is 13.0 Å². The van der Waals surface area contributed by atoms with Crippen LogP contribution < -0.4 is 5.32 Å². The molecule has 17 heavy (non-hydrogen) atoms. The maximum atomic E-state index is 11.9. The number of benzene rings is 1. The molecule has 0 aromatic heterocycles. The molecule has 2 nitrogen and oxygen atoms in total. The summed E-state index contributed by atoms with van der Waals surface area (Å²) in [5.41, 5.74) is 0.622. The first-order valence-electron chi connectivity index (χ1n) is 5.38. The summed E-state index contributed by atoms with van der Waals surface area (Å²) < 4.78 is 0.898. The molecule has 0 radical (unpaired) electrons. The highest BCUT2D eigenvalue weighted by atomic mass is 127. The lowest BCUT2D eigenvalue weighted by Gasteiger charge is -2.08. The van der Waals surface area contributed by atoms with E-state index in [1.54, 1.807) is 12.1 Å². The number of hydrogen-bond acceptors (Lipinski definition) is 1. The molecule has 0 aliphatic carbocycles. The minimum atomic E-state index is -0.0841. The van der Waals surface area contributed by atoms with Crippen molar-refractivity contribution in [2.45, 2.75) is 25.1 Å². The second-order valence-electron chi connectivity index (χ2n) is 3.80. The molecule has 0 spiro atoms. The Morgan fingerprint density at radius 3 is 2.88 bits per heavy atom. The lowest BCUT2D eigenvalue weighted by Crippen LogP contribution is -2.25. The second-order valence-corrected chi connectivity index (χ2v) is 6.15. The third-order valence-electron chi connectivity index (χ3n) is 2.24. The highest BCUT2D eigenvalue weighted by Gasteiger charge is 2.09. The van der Waals surface area contributed by atoms with Crippen LogP contribution in [0.25, 0.3) is 0 Å². The molecule has 0 saturated heterocycles. The Kier molecular flexibility index (Phi) is 6.59. The average Bonchev–Trinajstić information content (AvgIpc) is 2.27. The van der Waals surface area contributed by atoms with Crippen molar-refractivity contribution in [3.05, 3.63) is 32.4 Å². The van der Waals surface area contributed by atoms with Crippen LogP contribution >= 0.6 is 45.8 Å². The van der Waals surface area contributed by atoms with E-state index in [1.165, 1.54) is 0 Å². The average molecular weight is 386 g/mol. The number of carbonyl (C=O) groups excluding carboxylic acids is 1. The van der Waals surface area contributed by atoms with Gasteiger partial charge in [-0.1, -0.05) is 11.6 Å². The quantitative estimate of drug-likeness (QED) is 0.461. The first kappa shape index (κ1) is 15.1. The lowest BCUT2D eigenvalue weighted by molar-refractivity contribution is 0.0952. The van der Waals surface area contributed by atoms with Crippen molar-refractivity contribution in [1.29, 1.82) is 0 Å². The van der Waals surface area contributed by atoms with Gasteiger partial charge in [-0.15, -0.1) is 11.6 Å². The van der Waals surface area contributed by atoms with Crippen LogP contribution in [0.4, 0.5) is 0 Å². The Morgan fingerprint density at radius 2 is 2.24 bits per heavy atom. The van der Waals surface area contributed by atoms with Crippen molar-refractivity contribution in [3.63, 3.8) is 0 Å². The van der Waals surface area contributed by atoms with Gasteiger partial charge in [-0.25, -0.2) is 0 Å². The Morgan fingerprint density at radius 1 is 1.53 bits per heavy atom. The SMILES string of the molecule is CC(Cl)CCCNC(=O)c1cc(Cl)ccc1I. The predicted molar refractivity (Wildman–Crippen MR) is 81.1 cm³/mol. The standard InChI is InChI=1S/C12H14Cl2INO/c1-8(13)3-2-6-16-12(17)10-7-9(14)4-5-11(10)15/h4-5,7-8H,2-3,6H2,1H3,(H,16,17). The van der Waals surface area contributed by atoms with Gasteiger partial charge in [-0.3, -0.25) is 4.79 Å². The molecular weight excluding hydrogens is 372 g/mol. The zero-order chi connectivity index (χ0) is 12.8. The van der Waals surface area contributed by atoms with E-state index < -0.39 is 0 Å². The molecule has 0 heterocycles. The summed E-state index contributed by atoms with van der Waals surface area (Å²) in [4.78, 5) is 11.9. The van der Waals surface area contributed by atoms with E-state index in [0.29, 0.717) is 17.1 Å². The maximum Gasteiger partial charge on any atom is 0.252 e. The fraction of sp³-hybridized carbons (Fsp3) is 0.417. The molecule has 1 amide bonds. The van der Waals surface area contributed by atoms with Crippen molar-refractivity contribution in [1.82, 2.24) is 5.32 Å². The smallest absolute Gasteiger partial charge is 0.252 e. The van der Waals surface area contributed by atoms with Crippen LogP contribution in [0.2, 0.25) is 5.02 Å². The van der Waals surface area contributed by atoms with Crippen LogP contribution in [0.5, 0.6) is 0 Å². The largest absolute Gasteiger partial charge is 0.352 e. The van der Waals surface area contributed by atoms with Gasteiger partial charge in [0.25, 0.3) is 5.91 Å². The zero-order valence-electron chi connectivity index (χ0n) is 9.47. The third kappa shape index (κ3) is 5.44. The van der Waals surface area contributed by atoms with Crippen molar-refractivity contribution in [2.24, 2.45) is 0 Å². The van der Waals surface area contributed by atoms with Crippen LogP contribution in [0.1, 0.15) is 30.1 Å². The van der Waals surface area contributed by atoms with Gasteiger partial charge in [0, 0.05) is 20.5 Å². The van der Waals surface area contributed by atoms with Gasteiger partial charge in [0.05, 0.1) is 5.56 Å². The van der Waals surface area contributed by atoms with Gasteiger partial charge in [-0.05, 0) is 60.6 Å². The molecule has 0 saturated carbocycles. The van der Waals surface area contributed by atoms with Crippen molar-refractivity contribution >= 4 is 51.7 Å². The van der Waals surface area contributed by atoms with Gasteiger partial charge in [0.1, 0.15) is 0 Å². The fourth-order valence-electron chi connectivity index (χ4n) is 1.35. The summed E-state index contributed by atoms with van der Waals surface area (Å²) >= 11 is 13.8. The van der Waals surface area contributed by atoms with Crippen LogP contribution in [0.3, 0.4) is 0 Å². The van der Waals surface area contributed by atoms with Gasteiger partial charge in [0.15, 0.2) is 0 Å². The van der Waals surface area contributed by atoms with Crippen LogP contribution in [0, 0.1) is 3.57 Å². The van der Waals surface area contributed by atoms with Gasteiger partial charge < -0.3 is 5.32 Å². The molecule has 1 N–H and O–H groups in total. The van der Waals surface area contributed by atoms with E-state index in [2.05, 4.69) is 27.9 Å². The molecule has 0 aliphatic heterocycles. The lowest BCUT2D eigenvalue weighted by atomic mass is 10.2. The first-order chi connectivity index (χ1) is 8.00. The molecule has 1 unspecified atom stereocenters. The van der Waals surface area contributed by atoms with Crippen molar-refractivity contribution < 1.29 is 4.79 Å². The number of amides is 1. The summed E-state index contributed by atoms with van der Waals surface area (Å²) in [5, 5.41) is 3.59. The molecule has 1 rings (SSSR count). The van der Waals surface area contributed by atoms with E-state index in [4.69, 9.17) is 23.2 Å². The summed E-state index contributed by atoms with van der Waals surface area (Å²) in [7, 11) is 0. The Bertz CT molecular complexity index is 396. The van der Waals surface area contributed by atoms with E-state index >= 15 is 0 Å². The third-order valence-corrected chi connectivity index (χ3v) is 3.63. The van der Waals surface area contributed by atoms with Crippen molar-refractivity contribution in [2.75, 3.05) is 6.54 Å². The number of halogens is 3. The monoisotopic (exact) mass is 385 g/mol. The molecule has 0 fully saturated rings. The number of carbonyl (C=O) groups is 1. The van der Waals surface area contributed by atoms with E-state index in [0.717, 1.165) is 16.4 Å². The molecule has 94 valence electrons. The fourth-order valence-corrected chi connectivity index (χ4v) is 2.26. The molecule has 1 aromatic carbocycles. The van der Waals surface area contributed by atoms with Crippen LogP contribution in [-0.2, 0) is 0 Å². The van der Waals surface area contributed by atoms with Crippen LogP contribution in [0.15, 0.2) is 18.2 Å². The first-order valence-corrected chi connectivity index (χ1v) is 7.27. The number of hydrogen-bond donors (Lipinski definition) is 1. The molecule has 1 atom stereocenters. The predicted octanol–water partition coefficient (Wildman–Crippen LogP) is 4.08. The zero-order valence-corrected chi connectivity index (χ0v) is 13.1. The van der Waals surface area contributed by atoms with Gasteiger partial charge >= 0.3 is 0 Å². The second kappa shape index (κ2) is 7.44. The summed E-state index contributed by atoms with van der Waals surface area (Å²) in [6.07, 6.45) is 1.78. The number of alkyl halides is 1. The van der Waals surface area contributed by atoms with Crippen molar-refractivity contribution in [3.8, 4) is 0 Å². The molecule has 5 heteroatoms. The summed E-state index contributed by atoms with van der Waals surface area (Å²) in [5.74, 6) is -0.0841. The maximum absolute atomic E-state index is 11.9. The Hall–Kier alpha value is -0.000000000000000111. The van der Waals surface area contributed by atoms with Crippen LogP contribution in [-0.4, -0.2) is 17.8 Å².